The first-order chi connectivity index (χ1) is 18.6. The molecule has 2 amide bonds. The molecular formula is C30H43N3O5S. The van der Waals surface area contributed by atoms with E-state index in [9.17, 15) is 18.0 Å². The number of nitrogens with zero attached hydrogens (tertiary/aromatic N) is 2. The van der Waals surface area contributed by atoms with Crippen LogP contribution in [0.25, 0.3) is 0 Å². The maximum absolute atomic E-state index is 13.5. The fourth-order valence-corrected chi connectivity index (χ4v) is 6.00. The Bertz CT molecular complexity index is 1190. The van der Waals surface area contributed by atoms with Gasteiger partial charge in [0.05, 0.1) is 18.6 Å². The van der Waals surface area contributed by atoms with Gasteiger partial charge in [-0.3, -0.25) is 13.9 Å². The number of hydrogen-bond acceptors (Lipinski definition) is 5. The van der Waals surface area contributed by atoms with Crippen molar-refractivity contribution in [3.8, 4) is 5.75 Å². The van der Waals surface area contributed by atoms with Crippen molar-refractivity contribution in [2.75, 3.05) is 23.7 Å². The molecule has 1 atom stereocenters. The van der Waals surface area contributed by atoms with Crippen molar-refractivity contribution in [2.24, 2.45) is 0 Å². The third-order valence-corrected chi connectivity index (χ3v) is 8.34. The zero-order valence-corrected chi connectivity index (χ0v) is 24.5. The van der Waals surface area contributed by atoms with Gasteiger partial charge in [-0.25, -0.2) is 8.42 Å². The molecule has 39 heavy (non-hydrogen) atoms. The molecule has 1 aliphatic carbocycles. The Labute approximate surface area is 233 Å². The van der Waals surface area contributed by atoms with Crippen molar-refractivity contribution in [3.63, 3.8) is 0 Å². The van der Waals surface area contributed by atoms with Crippen LogP contribution in [0.15, 0.2) is 48.5 Å². The number of carbonyl (C=O) groups excluding carboxylic acids is 2. The second kappa shape index (κ2) is 14.4. The fourth-order valence-electron chi connectivity index (χ4n) is 5.04. The number of benzene rings is 2. The summed E-state index contributed by atoms with van der Waals surface area (Å²) in [7, 11) is -3.56. The van der Waals surface area contributed by atoms with Gasteiger partial charge in [0, 0.05) is 25.6 Å². The van der Waals surface area contributed by atoms with Gasteiger partial charge in [-0.05, 0) is 69.9 Å². The summed E-state index contributed by atoms with van der Waals surface area (Å²) < 4.78 is 31.9. The smallest absolute Gasteiger partial charge is 0.242 e. The molecule has 1 aliphatic rings. The first-order valence-electron chi connectivity index (χ1n) is 13.9. The molecule has 0 saturated heterocycles. The van der Waals surface area contributed by atoms with Crippen LogP contribution in [-0.4, -0.2) is 56.6 Å². The first kappa shape index (κ1) is 30.5. The highest BCUT2D eigenvalue weighted by molar-refractivity contribution is 7.92. The van der Waals surface area contributed by atoms with Gasteiger partial charge in [-0.15, -0.1) is 0 Å². The second-order valence-corrected chi connectivity index (χ2v) is 12.3. The predicted molar refractivity (Wildman–Crippen MR) is 155 cm³/mol. The summed E-state index contributed by atoms with van der Waals surface area (Å²) in [5.74, 6) is 0.343. The Morgan fingerprint density at radius 3 is 2.38 bits per heavy atom. The van der Waals surface area contributed by atoms with E-state index >= 15 is 0 Å². The lowest BCUT2D eigenvalue weighted by Crippen LogP contribution is -2.50. The number of carbonyl (C=O) groups is 2. The molecule has 0 radical (unpaired) electrons. The summed E-state index contributed by atoms with van der Waals surface area (Å²) in [5, 5.41) is 3.15. The van der Waals surface area contributed by atoms with E-state index in [2.05, 4.69) is 5.32 Å². The van der Waals surface area contributed by atoms with E-state index in [-0.39, 0.29) is 30.8 Å². The highest BCUT2D eigenvalue weighted by atomic mass is 32.2. The van der Waals surface area contributed by atoms with Crippen LogP contribution in [0.1, 0.15) is 69.9 Å². The summed E-state index contributed by atoms with van der Waals surface area (Å²) in [6.45, 7) is 6.64. The topological polar surface area (TPSA) is 96.0 Å². The highest BCUT2D eigenvalue weighted by Crippen LogP contribution is 2.23. The predicted octanol–water partition coefficient (Wildman–Crippen LogP) is 4.81. The number of rotatable bonds is 13. The van der Waals surface area contributed by atoms with Gasteiger partial charge in [-0.2, -0.15) is 0 Å². The van der Waals surface area contributed by atoms with Crippen molar-refractivity contribution in [1.82, 2.24) is 10.2 Å². The van der Waals surface area contributed by atoms with E-state index in [0.717, 1.165) is 43.1 Å². The minimum atomic E-state index is -3.56. The van der Waals surface area contributed by atoms with Gasteiger partial charge in [-0.1, -0.05) is 49.1 Å². The third kappa shape index (κ3) is 9.27. The summed E-state index contributed by atoms with van der Waals surface area (Å²) >= 11 is 0. The van der Waals surface area contributed by atoms with Crippen LogP contribution in [-0.2, 0) is 26.2 Å². The van der Waals surface area contributed by atoms with Crippen molar-refractivity contribution in [2.45, 2.75) is 84.3 Å². The first-order valence-corrected chi connectivity index (χ1v) is 15.8. The van der Waals surface area contributed by atoms with Gasteiger partial charge in [0.15, 0.2) is 0 Å². The molecule has 8 nitrogen and oxygen atoms in total. The molecule has 0 aliphatic heterocycles. The second-order valence-electron chi connectivity index (χ2n) is 10.4. The Morgan fingerprint density at radius 1 is 1.08 bits per heavy atom. The Morgan fingerprint density at radius 2 is 1.77 bits per heavy atom. The highest BCUT2D eigenvalue weighted by Gasteiger charge is 2.28. The number of aryl methyl sites for hydroxylation is 1. The minimum Gasteiger partial charge on any atom is -0.494 e. The molecule has 0 aromatic heterocycles. The lowest BCUT2D eigenvalue weighted by atomic mass is 9.95. The van der Waals surface area contributed by atoms with E-state index in [1.165, 1.54) is 10.7 Å². The molecule has 9 heteroatoms. The molecule has 214 valence electrons. The van der Waals surface area contributed by atoms with E-state index in [0.29, 0.717) is 31.0 Å². The van der Waals surface area contributed by atoms with Gasteiger partial charge in [0.1, 0.15) is 11.8 Å². The lowest BCUT2D eigenvalue weighted by molar-refractivity contribution is -0.141. The van der Waals surface area contributed by atoms with Crippen molar-refractivity contribution < 1.29 is 22.7 Å². The summed E-state index contributed by atoms with van der Waals surface area (Å²) in [5.41, 5.74) is 2.55. The molecule has 1 saturated carbocycles. The number of amides is 2. The standard InChI is InChI=1S/C30H43N3O5S/c1-5-38-28-18-16-27(17-19-28)33(39(4,36)37)20-10-15-29(34)32(22-25-12-9-11-23(2)21-25)24(3)30(35)31-26-13-7-6-8-14-26/h9,11-12,16-19,21,24,26H,5-8,10,13-15,20,22H2,1-4H3,(H,31,35)/t24-/m0/s1. The van der Waals surface area contributed by atoms with Gasteiger partial charge in [0.2, 0.25) is 21.8 Å². The molecule has 1 N–H and O–H groups in total. The van der Waals surface area contributed by atoms with Crippen LogP contribution in [0.2, 0.25) is 0 Å². The van der Waals surface area contributed by atoms with Crippen LogP contribution in [0.5, 0.6) is 5.75 Å². The average molecular weight is 558 g/mol. The zero-order chi connectivity index (χ0) is 28.4. The van der Waals surface area contributed by atoms with Gasteiger partial charge >= 0.3 is 0 Å². The SMILES string of the molecule is CCOc1ccc(N(CCCC(=O)N(Cc2cccc(C)c2)[C@@H](C)C(=O)NC2CCCCC2)S(C)(=O)=O)cc1. The molecule has 0 spiro atoms. The summed E-state index contributed by atoms with van der Waals surface area (Å²) in [6, 6.07) is 14.3. The molecule has 2 aromatic carbocycles. The third-order valence-electron chi connectivity index (χ3n) is 7.14. The molecule has 3 rings (SSSR count). The molecular weight excluding hydrogens is 514 g/mol. The van der Waals surface area contributed by atoms with Crippen molar-refractivity contribution in [1.29, 1.82) is 0 Å². The average Bonchev–Trinajstić information content (AvgIpc) is 2.90. The van der Waals surface area contributed by atoms with Crippen molar-refractivity contribution >= 4 is 27.5 Å². The fraction of sp³-hybridized carbons (Fsp3) is 0.533. The van der Waals surface area contributed by atoms with Crippen LogP contribution in [0, 0.1) is 6.92 Å². The largest absolute Gasteiger partial charge is 0.494 e. The molecule has 0 bridgehead atoms. The zero-order valence-electron chi connectivity index (χ0n) is 23.7. The maximum atomic E-state index is 13.5. The number of nitrogens with one attached hydrogen (secondary N) is 1. The quantitative estimate of drug-likeness (QED) is 0.382. The van der Waals surface area contributed by atoms with Gasteiger partial charge in [0.25, 0.3) is 0 Å². The van der Waals surface area contributed by atoms with E-state index in [1.807, 2.05) is 38.1 Å². The van der Waals surface area contributed by atoms with E-state index in [1.54, 1.807) is 36.1 Å². The summed E-state index contributed by atoms with van der Waals surface area (Å²) in [4.78, 5) is 28.3. The van der Waals surface area contributed by atoms with Crippen LogP contribution in [0.3, 0.4) is 0 Å². The van der Waals surface area contributed by atoms with Crippen LogP contribution >= 0.6 is 0 Å². The van der Waals surface area contributed by atoms with Crippen LogP contribution < -0.4 is 14.4 Å². The molecule has 2 aromatic rings. The Balaban J connectivity index is 1.70. The van der Waals surface area contributed by atoms with Crippen LogP contribution in [0.4, 0.5) is 5.69 Å². The molecule has 0 unspecified atom stereocenters. The monoisotopic (exact) mass is 557 g/mol. The van der Waals surface area contributed by atoms with E-state index in [4.69, 9.17) is 4.74 Å². The number of sulfonamides is 1. The number of anilines is 1. The summed E-state index contributed by atoms with van der Waals surface area (Å²) in [6.07, 6.45) is 6.95. The van der Waals surface area contributed by atoms with E-state index < -0.39 is 16.1 Å². The number of ether oxygens (including phenoxy) is 1. The maximum Gasteiger partial charge on any atom is 0.242 e. The Kier molecular flexibility index (Phi) is 11.2. The number of hydrogen-bond donors (Lipinski definition) is 1. The Hall–Kier alpha value is -3.07. The lowest BCUT2D eigenvalue weighted by Gasteiger charge is -2.31. The molecule has 1 fully saturated rings. The van der Waals surface area contributed by atoms with Gasteiger partial charge < -0.3 is 15.0 Å². The molecule has 0 heterocycles. The normalized spacial score (nSPS) is 14.9. The minimum absolute atomic E-state index is 0.121. The van der Waals surface area contributed by atoms with Crippen molar-refractivity contribution in [3.05, 3.63) is 59.7 Å².